The summed E-state index contributed by atoms with van der Waals surface area (Å²) in [4.78, 5) is 0. The zero-order chi connectivity index (χ0) is 25.0. The van der Waals surface area contributed by atoms with Crippen molar-refractivity contribution in [2.45, 2.75) is 188 Å². The van der Waals surface area contributed by atoms with Crippen molar-refractivity contribution < 1.29 is 4.48 Å². The third kappa shape index (κ3) is 22.4. The first-order chi connectivity index (χ1) is 16.7. The van der Waals surface area contributed by atoms with Crippen LogP contribution in [-0.2, 0) is 0 Å². The normalized spacial score (nSPS) is 12.0. The first kappa shape index (κ1) is 34.0. The fourth-order valence-corrected chi connectivity index (χ4v) is 5.76. The lowest BCUT2D eigenvalue weighted by Crippen LogP contribution is -2.50. The molecule has 0 aromatic heterocycles. The Kier molecular flexibility index (Phi) is 27.5. The fraction of sp³-hybridized carbons (Fsp3) is 1.00. The topological polar surface area (TPSA) is 0 Å². The van der Waals surface area contributed by atoms with E-state index in [4.69, 9.17) is 0 Å². The zero-order valence-corrected chi connectivity index (χ0v) is 25.0. The molecule has 0 aliphatic heterocycles. The van der Waals surface area contributed by atoms with E-state index in [1.807, 2.05) is 0 Å². The van der Waals surface area contributed by atoms with E-state index < -0.39 is 0 Å². The molecule has 0 aromatic carbocycles. The van der Waals surface area contributed by atoms with Crippen LogP contribution in [0.2, 0.25) is 0 Å². The van der Waals surface area contributed by atoms with Gasteiger partial charge in [0.1, 0.15) is 0 Å². The summed E-state index contributed by atoms with van der Waals surface area (Å²) in [6, 6.07) is 0. The van der Waals surface area contributed by atoms with Crippen molar-refractivity contribution in [3.63, 3.8) is 0 Å². The van der Waals surface area contributed by atoms with Crippen molar-refractivity contribution >= 4 is 0 Å². The van der Waals surface area contributed by atoms with Crippen molar-refractivity contribution in [1.29, 1.82) is 0 Å². The molecule has 206 valence electrons. The summed E-state index contributed by atoms with van der Waals surface area (Å²) in [7, 11) is 0. The van der Waals surface area contributed by atoms with Gasteiger partial charge in [-0.1, -0.05) is 137 Å². The zero-order valence-electron chi connectivity index (χ0n) is 25.0. The highest BCUT2D eigenvalue weighted by molar-refractivity contribution is 4.55. The van der Waals surface area contributed by atoms with Crippen LogP contribution in [0.4, 0.5) is 0 Å². The van der Waals surface area contributed by atoms with Gasteiger partial charge >= 0.3 is 0 Å². The monoisotopic (exact) mass is 481 g/mol. The lowest BCUT2D eigenvalue weighted by molar-refractivity contribution is -0.929. The quantitative estimate of drug-likeness (QED) is 0.0737. The highest BCUT2D eigenvalue weighted by Gasteiger charge is 2.25. The Hall–Kier alpha value is -0.0400. The molecule has 0 atom stereocenters. The Morgan fingerprint density at radius 1 is 0.235 bits per heavy atom. The van der Waals surface area contributed by atoms with Crippen molar-refractivity contribution in [3.05, 3.63) is 0 Å². The van der Waals surface area contributed by atoms with Crippen LogP contribution in [0.25, 0.3) is 0 Å². The second-order valence-corrected chi connectivity index (χ2v) is 11.7. The number of unbranched alkanes of at least 4 members (excludes halogenated alkanes) is 21. The van der Waals surface area contributed by atoms with E-state index in [1.54, 1.807) is 0 Å². The highest BCUT2D eigenvalue weighted by Crippen LogP contribution is 2.20. The van der Waals surface area contributed by atoms with Gasteiger partial charge in [-0.25, -0.2) is 0 Å². The Bertz CT molecular complexity index is 344. The molecule has 34 heavy (non-hydrogen) atoms. The van der Waals surface area contributed by atoms with E-state index in [0.717, 1.165) is 0 Å². The van der Waals surface area contributed by atoms with Crippen LogP contribution in [0.3, 0.4) is 0 Å². The van der Waals surface area contributed by atoms with Crippen molar-refractivity contribution in [2.24, 2.45) is 0 Å². The molecule has 0 aromatic rings. The van der Waals surface area contributed by atoms with Gasteiger partial charge in [-0.05, 0) is 51.4 Å². The Labute approximate surface area is 218 Å². The lowest BCUT2D eigenvalue weighted by Gasteiger charge is -2.39. The van der Waals surface area contributed by atoms with E-state index in [-0.39, 0.29) is 0 Å². The number of hydrogen-bond donors (Lipinski definition) is 0. The number of nitrogens with zero attached hydrogens (tertiary/aromatic N) is 1. The second kappa shape index (κ2) is 27.5. The SMILES string of the molecule is CCCCCCCCCC[N+](CCCCCC)(CCCCCCC)CCCCCCCCCC. The van der Waals surface area contributed by atoms with Crippen molar-refractivity contribution in [3.8, 4) is 0 Å². The van der Waals surface area contributed by atoms with Crippen LogP contribution in [0.5, 0.6) is 0 Å². The summed E-state index contributed by atoms with van der Waals surface area (Å²) < 4.78 is 1.47. The van der Waals surface area contributed by atoms with E-state index in [0.29, 0.717) is 0 Å². The molecule has 0 fully saturated rings. The summed E-state index contributed by atoms with van der Waals surface area (Å²) >= 11 is 0. The maximum Gasteiger partial charge on any atom is 0.0786 e. The van der Waals surface area contributed by atoms with Gasteiger partial charge in [0.15, 0.2) is 0 Å². The summed E-state index contributed by atoms with van der Waals surface area (Å²) in [6.45, 7) is 15.3. The molecule has 0 saturated heterocycles. The molecule has 0 bridgehead atoms. The van der Waals surface area contributed by atoms with Gasteiger partial charge in [0, 0.05) is 0 Å². The van der Waals surface area contributed by atoms with Gasteiger partial charge in [-0.3, -0.25) is 0 Å². The standard InChI is InChI=1S/C33H70N/c1-5-9-13-17-19-21-24-28-32-34(30-26-16-12-8-4,31-27-23-15-11-7-3)33-29-25-22-20-18-14-10-6-2/h5-33H2,1-4H3/q+1. The molecular formula is C33H70N+. The minimum absolute atomic E-state index is 1.37. The molecule has 0 aliphatic carbocycles. The lowest BCUT2D eigenvalue weighted by atomic mass is 10.0. The Morgan fingerprint density at radius 2 is 0.412 bits per heavy atom. The molecule has 0 saturated carbocycles. The van der Waals surface area contributed by atoms with Crippen LogP contribution in [0.15, 0.2) is 0 Å². The maximum absolute atomic E-state index is 2.36. The average Bonchev–Trinajstić information content (AvgIpc) is 2.85. The van der Waals surface area contributed by atoms with Crippen LogP contribution in [0, 0.1) is 0 Å². The third-order valence-corrected chi connectivity index (χ3v) is 8.19. The molecule has 0 rings (SSSR count). The molecule has 0 unspecified atom stereocenters. The summed E-state index contributed by atoms with van der Waals surface area (Å²) in [6.07, 6.45) is 36.3. The van der Waals surface area contributed by atoms with Gasteiger partial charge < -0.3 is 4.48 Å². The average molecular weight is 481 g/mol. The molecule has 0 heterocycles. The number of quaternary nitrogens is 1. The van der Waals surface area contributed by atoms with Crippen LogP contribution in [0.1, 0.15) is 188 Å². The van der Waals surface area contributed by atoms with Crippen LogP contribution >= 0.6 is 0 Å². The van der Waals surface area contributed by atoms with Crippen LogP contribution < -0.4 is 0 Å². The van der Waals surface area contributed by atoms with Gasteiger partial charge in [-0.2, -0.15) is 0 Å². The number of rotatable bonds is 29. The molecule has 0 radical (unpaired) electrons. The first-order valence-corrected chi connectivity index (χ1v) is 16.6. The third-order valence-electron chi connectivity index (χ3n) is 8.19. The predicted octanol–water partition coefficient (Wildman–Crippen LogP) is 11.6. The molecule has 0 spiro atoms. The van der Waals surface area contributed by atoms with Gasteiger partial charge in [0.05, 0.1) is 26.2 Å². The predicted molar refractivity (Wildman–Crippen MR) is 158 cm³/mol. The largest absolute Gasteiger partial charge is 0.324 e. The van der Waals surface area contributed by atoms with Gasteiger partial charge in [0.25, 0.3) is 0 Å². The van der Waals surface area contributed by atoms with Gasteiger partial charge in [-0.15, -0.1) is 0 Å². The van der Waals surface area contributed by atoms with Crippen LogP contribution in [-0.4, -0.2) is 30.7 Å². The highest BCUT2D eigenvalue weighted by atomic mass is 15.3. The van der Waals surface area contributed by atoms with E-state index >= 15 is 0 Å². The van der Waals surface area contributed by atoms with Crippen molar-refractivity contribution in [1.82, 2.24) is 0 Å². The summed E-state index contributed by atoms with van der Waals surface area (Å²) in [5, 5.41) is 0. The number of hydrogen-bond acceptors (Lipinski definition) is 0. The molecule has 1 nitrogen and oxygen atoms in total. The second-order valence-electron chi connectivity index (χ2n) is 11.7. The van der Waals surface area contributed by atoms with Gasteiger partial charge in [0.2, 0.25) is 0 Å². The minimum Gasteiger partial charge on any atom is -0.324 e. The maximum atomic E-state index is 2.36. The Balaban J connectivity index is 4.63. The molecular weight excluding hydrogens is 410 g/mol. The molecule has 1 heteroatoms. The van der Waals surface area contributed by atoms with E-state index in [9.17, 15) is 0 Å². The minimum atomic E-state index is 1.37. The first-order valence-electron chi connectivity index (χ1n) is 16.6. The molecule has 0 amide bonds. The van der Waals surface area contributed by atoms with E-state index in [1.165, 1.54) is 191 Å². The summed E-state index contributed by atoms with van der Waals surface area (Å²) in [5.41, 5.74) is 0. The van der Waals surface area contributed by atoms with Crippen molar-refractivity contribution in [2.75, 3.05) is 26.2 Å². The summed E-state index contributed by atoms with van der Waals surface area (Å²) in [5.74, 6) is 0. The smallest absolute Gasteiger partial charge is 0.0786 e. The van der Waals surface area contributed by atoms with E-state index in [2.05, 4.69) is 27.7 Å². The fourth-order valence-electron chi connectivity index (χ4n) is 5.76. The molecule has 0 aliphatic rings. The molecule has 0 N–H and O–H groups in total. The Morgan fingerprint density at radius 3 is 0.647 bits per heavy atom.